The Kier molecular flexibility index (Phi) is 6.69. The van der Waals surface area contributed by atoms with E-state index in [4.69, 9.17) is 24.7 Å². The Balaban J connectivity index is 1.80. The maximum absolute atomic E-state index is 13.9. The highest BCUT2D eigenvalue weighted by Crippen LogP contribution is 2.43. The molecule has 1 atom stereocenters. The maximum atomic E-state index is 13.9. The second-order valence-corrected chi connectivity index (χ2v) is 8.13. The van der Waals surface area contributed by atoms with Gasteiger partial charge in [0.15, 0.2) is 11.5 Å². The molecule has 0 amide bonds. The van der Waals surface area contributed by atoms with E-state index in [-0.39, 0.29) is 17.0 Å². The fourth-order valence-corrected chi connectivity index (χ4v) is 4.46. The van der Waals surface area contributed by atoms with Crippen LogP contribution in [0.1, 0.15) is 28.3 Å². The molecule has 0 saturated heterocycles. The number of fused-ring (bicyclic) bond motifs is 1. The highest BCUT2D eigenvalue weighted by molar-refractivity contribution is 5.58. The molecular weight excluding hydrogens is 446 g/mol. The molecule has 8 heteroatoms. The first-order valence-corrected chi connectivity index (χ1v) is 11.1. The van der Waals surface area contributed by atoms with Crippen molar-refractivity contribution in [1.82, 2.24) is 4.57 Å². The number of nitrogens with two attached hydrogens (primary N) is 1. The van der Waals surface area contributed by atoms with Crippen LogP contribution >= 0.6 is 0 Å². The highest BCUT2D eigenvalue weighted by atomic mass is 16.5. The Bertz CT molecular complexity index is 1400. The topological polar surface area (TPSA) is 109 Å². The Morgan fingerprint density at radius 2 is 1.74 bits per heavy atom. The van der Waals surface area contributed by atoms with Gasteiger partial charge in [-0.1, -0.05) is 24.3 Å². The molecule has 2 heterocycles. The number of aromatic nitrogens is 1. The van der Waals surface area contributed by atoms with E-state index in [1.54, 1.807) is 38.0 Å². The van der Waals surface area contributed by atoms with Crippen molar-refractivity contribution in [3.63, 3.8) is 0 Å². The predicted octanol–water partition coefficient (Wildman–Crippen LogP) is 3.64. The van der Waals surface area contributed by atoms with Crippen LogP contribution in [0.3, 0.4) is 0 Å². The number of rotatable bonds is 7. The Morgan fingerprint density at radius 3 is 2.43 bits per heavy atom. The molecule has 180 valence electrons. The first-order valence-electron chi connectivity index (χ1n) is 11.1. The molecule has 1 aliphatic rings. The number of ether oxygens (including phenoxy) is 4. The summed E-state index contributed by atoms with van der Waals surface area (Å²) in [4.78, 5) is 13.9. The number of para-hydroxylation sites is 1. The molecule has 1 unspecified atom stereocenters. The van der Waals surface area contributed by atoms with Crippen molar-refractivity contribution in [1.29, 1.82) is 5.26 Å². The average Bonchev–Trinajstić information content (AvgIpc) is 2.87. The van der Waals surface area contributed by atoms with Gasteiger partial charge in [-0.3, -0.25) is 4.79 Å². The van der Waals surface area contributed by atoms with Crippen molar-refractivity contribution in [3.8, 4) is 29.1 Å². The number of benzene rings is 2. The molecular formula is C27H27N3O5. The third-order valence-corrected chi connectivity index (χ3v) is 6.21. The van der Waals surface area contributed by atoms with E-state index in [1.807, 2.05) is 43.3 Å². The molecule has 2 N–H and O–H groups in total. The fraction of sp³-hybridized carbons (Fsp3) is 0.259. The largest absolute Gasteiger partial charge is 0.496 e. The summed E-state index contributed by atoms with van der Waals surface area (Å²) < 4.78 is 23.7. The summed E-state index contributed by atoms with van der Waals surface area (Å²) in [6, 6.07) is 16.9. The molecule has 3 aromatic rings. The summed E-state index contributed by atoms with van der Waals surface area (Å²) in [5.41, 5.74) is 8.79. The lowest BCUT2D eigenvalue weighted by Gasteiger charge is -2.28. The van der Waals surface area contributed by atoms with Crippen LogP contribution in [-0.4, -0.2) is 25.9 Å². The van der Waals surface area contributed by atoms with Crippen LogP contribution in [-0.2, 0) is 13.0 Å². The number of hydrogen-bond donors (Lipinski definition) is 1. The molecule has 0 aliphatic carbocycles. The zero-order valence-electron chi connectivity index (χ0n) is 20.1. The van der Waals surface area contributed by atoms with Gasteiger partial charge >= 0.3 is 0 Å². The van der Waals surface area contributed by atoms with Gasteiger partial charge < -0.3 is 29.2 Å². The van der Waals surface area contributed by atoms with Crippen LogP contribution in [0.4, 0.5) is 0 Å². The Morgan fingerprint density at radius 1 is 1.03 bits per heavy atom. The molecule has 0 bridgehead atoms. The van der Waals surface area contributed by atoms with Crippen molar-refractivity contribution in [3.05, 3.63) is 92.7 Å². The molecule has 0 saturated carbocycles. The minimum Gasteiger partial charge on any atom is -0.496 e. The standard InChI is InChI=1S/C27H27N3O5/c1-16-13-23-25(24(19(15-28)26(29)35-23)18-7-5-6-8-20(18)32-2)27(31)30(16)12-11-17-9-10-21(33-3)22(14-17)34-4/h5-10,13-14,24H,11-12,29H2,1-4H3. The number of allylic oxidation sites excluding steroid dienone is 1. The van der Waals surface area contributed by atoms with Crippen molar-refractivity contribution in [2.45, 2.75) is 25.8 Å². The number of pyridine rings is 1. The fourth-order valence-electron chi connectivity index (χ4n) is 4.46. The third kappa shape index (κ3) is 4.28. The molecule has 35 heavy (non-hydrogen) atoms. The van der Waals surface area contributed by atoms with Gasteiger partial charge in [-0.2, -0.15) is 5.26 Å². The van der Waals surface area contributed by atoms with Crippen LogP contribution < -0.4 is 30.2 Å². The Labute approximate surface area is 203 Å². The molecule has 2 aromatic carbocycles. The van der Waals surface area contributed by atoms with Crippen LogP contribution in [0.25, 0.3) is 0 Å². The smallest absolute Gasteiger partial charge is 0.258 e. The van der Waals surface area contributed by atoms with Gasteiger partial charge in [-0.25, -0.2) is 0 Å². The van der Waals surface area contributed by atoms with Gasteiger partial charge in [-0.15, -0.1) is 0 Å². The van der Waals surface area contributed by atoms with Gasteiger partial charge in [-0.05, 0) is 37.1 Å². The van der Waals surface area contributed by atoms with Gasteiger partial charge in [0.25, 0.3) is 5.56 Å². The SMILES string of the molecule is COc1ccc(CCn2c(C)cc3c(c2=O)C(c2ccccc2OC)C(C#N)=C(N)O3)cc1OC. The van der Waals surface area contributed by atoms with E-state index in [1.165, 1.54) is 0 Å². The number of aryl methyl sites for hydroxylation is 2. The molecule has 0 fully saturated rings. The van der Waals surface area contributed by atoms with Crippen LogP contribution in [0.15, 0.2) is 64.8 Å². The van der Waals surface area contributed by atoms with Gasteiger partial charge in [0.2, 0.25) is 5.88 Å². The molecule has 0 spiro atoms. The summed E-state index contributed by atoms with van der Waals surface area (Å²) in [6.07, 6.45) is 0.586. The van der Waals surface area contributed by atoms with Crippen LogP contribution in [0, 0.1) is 18.3 Å². The van der Waals surface area contributed by atoms with E-state index in [0.717, 1.165) is 11.3 Å². The van der Waals surface area contributed by atoms with E-state index in [0.29, 0.717) is 47.1 Å². The third-order valence-electron chi connectivity index (χ3n) is 6.21. The molecule has 8 nitrogen and oxygen atoms in total. The Hall–Kier alpha value is -4.38. The number of nitriles is 1. The summed E-state index contributed by atoms with van der Waals surface area (Å²) in [6.45, 7) is 2.27. The maximum Gasteiger partial charge on any atom is 0.258 e. The number of nitrogens with zero attached hydrogens (tertiary/aromatic N) is 2. The number of hydrogen-bond acceptors (Lipinski definition) is 7. The quantitative estimate of drug-likeness (QED) is 0.558. The lowest BCUT2D eigenvalue weighted by Crippen LogP contribution is -2.33. The van der Waals surface area contributed by atoms with Crippen molar-refractivity contribution < 1.29 is 18.9 Å². The highest BCUT2D eigenvalue weighted by Gasteiger charge is 2.35. The summed E-state index contributed by atoms with van der Waals surface area (Å²) in [5.74, 6) is 1.45. The van der Waals surface area contributed by atoms with Crippen molar-refractivity contribution in [2.75, 3.05) is 21.3 Å². The minimum absolute atomic E-state index is 0.0159. The van der Waals surface area contributed by atoms with Gasteiger partial charge in [0.1, 0.15) is 23.1 Å². The van der Waals surface area contributed by atoms with E-state index >= 15 is 0 Å². The van der Waals surface area contributed by atoms with E-state index in [2.05, 4.69) is 6.07 Å². The normalized spacial score (nSPS) is 14.5. The molecule has 1 aromatic heterocycles. The van der Waals surface area contributed by atoms with Crippen LogP contribution in [0.2, 0.25) is 0 Å². The molecule has 0 radical (unpaired) electrons. The monoisotopic (exact) mass is 473 g/mol. The van der Waals surface area contributed by atoms with Crippen molar-refractivity contribution >= 4 is 0 Å². The predicted molar refractivity (Wildman–Crippen MR) is 131 cm³/mol. The lowest BCUT2D eigenvalue weighted by atomic mass is 9.83. The molecule has 4 rings (SSSR count). The summed E-state index contributed by atoms with van der Waals surface area (Å²) in [5, 5.41) is 9.90. The summed E-state index contributed by atoms with van der Waals surface area (Å²) >= 11 is 0. The second-order valence-electron chi connectivity index (χ2n) is 8.13. The van der Waals surface area contributed by atoms with Crippen LogP contribution in [0.5, 0.6) is 23.0 Å². The van der Waals surface area contributed by atoms with Crippen molar-refractivity contribution in [2.24, 2.45) is 5.73 Å². The zero-order valence-corrected chi connectivity index (χ0v) is 20.1. The minimum atomic E-state index is -0.708. The lowest BCUT2D eigenvalue weighted by molar-refractivity contribution is 0.354. The zero-order chi connectivity index (χ0) is 25.1. The van der Waals surface area contributed by atoms with E-state index < -0.39 is 5.92 Å². The average molecular weight is 474 g/mol. The summed E-state index contributed by atoms with van der Waals surface area (Å²) in [7, 11) is 4.73. The first kappa shape index (κ1) is 23.8. The first-order chi connectivity index (χ1) is 16.9. The van der Waals surface area contributed by atoms with Gasteiger partial charge in [0.05, 0.1) is 32.8 Å². The van der Waals surface area contributed by atoms with Gasteiger partial charge in [0, 0.05) is 23.9 Å². The van der Waals surface area contributed by atoms with E-state index in [9.17, 15) is 10.1 Å². The second kappa shape index (κ2) is 9.85. The molecule has 1 aliphatic heterocycles. The number of methoxy groups -OCH3 is 3.